The van der Waals surface area contributed by atoms with Gasteiger partial charge in [0.05, 0.1) is 0 Å². The molecule has 0 bridgehead atoms. The Hall–Kier alpha value is -0.860. The number of benzene rings is 1. The van der Waals surface area contributed by atoms with Gasteiger partial charge in [-0.15, -0.1) is 0 Å². The van der Waals surface area contributed by atoms with Gasteiger partial charge < -0.3 is 10.6 Å². The molecule has 0 spiro atoms. The highest BCUT2D eigenvalue weighted by atomic mass is 15.2. The van der Waals surface area contributed by atoms with Crippen LogP contribution < -0.4 is 5.73 Å². The highest BCUT2D eigenvalue weighted by molar-refractivity contribution is 5.14. The lowest BCUT2D eigenvalue weighted by atomic mass is 9.89. The van der Waals surface area contributed by atoms with E-state index in [1.165, 1.54) is 37.9 Å². The standard InChI is InChI=1S/C17H28N2/c1-3-16-13-19(12-11-17(16)18)14(2)9-10-15-7-5-4-6-8-15/h4-8,14,16-17H,3,9-13,18H2,1-2H3. The van der Waals surface area contributed by atoms with Gasteiger partial charge in [-0.05, 0) is 44.2 Å². The van der Waals surface area contributed by atoms with Gasteiger partial charge in [0, 0.05) is 18.6 Å². The lowest BCUT2D eigenvalue weighted by molar-refractivity contribution is 0.110. The van der Waals surface area contributed by atoms with Crippen molar-refractivity contribution >= 4 is 0 Å². The summed E-state index contributed by atoms with van der Waals surface area (Å²) in [6, 6.07) is 11.9. The summed E-state index contributed by atoms with van der Waals surface area (Å²) < 4.78 is 0. The molecule has 2 nitrogen and oxygen atoms in total. The number of likely N-dealkylation sites (tertiary alicyclic amines) is 1. The third-order valence-corrected chi connectivity index (χ3v) is 4.67. The summed E-state index contributed by atoms with van der Waals surface area (Å²) in [5, 5.41) is 0. The second-order valence-electron chi connectivity index (χ2n) is 5.99. The van der Waals surface area contributed by atoms with Crippen molar-refractivity contribution in [3.05, 3.63) is 35.9 Å². The molecular weight excluding hydrogens is 232 g/mol. The molecule has 1 heterocycles. The van der Waals surface area contributed by atoms with Crippen molar-refractivity contribution in [3.63, 3.8) is 0 Å². The van der Waals surface area contributed by atoms with E-state index in [9.17, 15) is 0 Å². The highest BCUT2D eigenvalue weighted by Crippen LogP contribution is 2.22. The van der Waals surface area contributed by atoms with Crippen LogP contribution >= 0.6 is 0 Å². The average molecular weight is 260 g/mol. The van der Waals surface area contributed by atoms with Crippen LogP contribution in [0.5, 0.6) is 0 Å². The minimum Gasteiger partial charge on any atom is -0.327 e. The maximum atomic E-state index is 6.19. The van der Waals surface area contributed by atoms with Gasteiger partial charge in [0.15, 0.2) is 0 Å². The van der Waals surface area contributed by atoms with Crippen LogP contribution in [0.3, 0.4) is 0 Å². The molecular formula is C17H28N2. The van der Waals surface area contributed by atoms with Gasteiger partial charge in [0.2, 0.25) is 0 Å². The zero-order valence-corrected chi connectivity index (χ0v) is 12.4. The molecule has 1 fully saturated rings. The molecule has 19 heavy (non-hydrogen) atoms. The van der Waals surface area contributed by atoms with Crippen molar-refractivity contribution in [1.82, 2.24) is 4.90 Å². The fourth-order valence-electron chi connectivity index (χ4n) is 3.11. The summed E-state index contributed by atoms with van der Waals surface area (Å²) in [6.07, 6.45) is 4.80. The average Bonchev–Trinajstić information content (AvgIpc) is 2.46. The Morgan fingerprint density at radius 1 is 1.32 bits per heavy atom. The first-order valence-corrected chi connectivity index (χ1v) is 7.74. The molecule has 0 aromatic heterocycles. The second kappa shape index (κ2) is 7.06. The van der Waals surface area contributed by atoms with E-state index >= 15 is 0 Å². The van der Waals surface area contributed by atoms with E-state index < -0.39 is 0 Å². The van der Waals surface area contributed by atoms with Gasteiger partial charge in [-0.2, -0.15) is 0 Å². The van der Waals surface area contributed by atoms with Crippen LogP contribution in [0.15, 0.2) is 30.3 Å². The Bertz CT molecular complexity index is 363. The Labute approximate surface area is 118 Å². The van der Waals surface area contributed by atoms with Crippen molar-refractivity contribution in [2.24, 2.45) is 11.7 Å². The maximum Gasteiger partial charge on any atom is 0.00914 e. The third kappa shape index (κ3) is 4.05. The Morgan fingerprint density at radius 2 is 2.05 bits per heavy atom. The number of piperidine rings is 1. The molecule has 3 atom stereocenters. The van der Waals surface area contributed by atoms with Crippen molar-refractivity contribution in [3.8, 4) is 0 Å². The largest absolute Gasteiger partial charge is 0.327 e. The summed E-state index contributed by atoms with van der Waals surface area (Å²) in [5.74, 6) is 0.688. The third-order valence-electron chi connectivity index (χ3n) is 4.67. The van der Waals surface area contributed by atoms with Gasteiger partial charge in [0.25, 0.3) is 0 Å². The van der Waals surface area contributed by atoms with E-state index in [1.807, 2.05) is 0 Å². The van der Waals surface area contributed by atoms with E-state index in [4.69, 9.17) is 5.73 Å². The smallest absolute Gasteiger partial charge is 0.00914 e. The lowest BCUT2D eigenvalue weighted by Gasteiger charge is -2.40. The molecule has 2 N–H and O–H groups in total. The second-order valence-corrected chi connectivity index (χ2v) is 5.99. The van der Waals surface area contributed by atoms with Crippen LogP contribution in [-0.2, 0) is 6.42 Å². The quantitative estimate of drug-likeness (QED) is 0.881. The number of hydrogen-bond donors (Lipinski definition) is 1. The van der Waals surface area contributed by atoms with E-state index in [2.05, 4.69) is 49.1 Å². The summed E-state index contributed by atoms with van der Waals surface area (Å²) in [5.41, 5.74) is 7.64. The molecule has 1 saturated heterocycles. The van der Waals surface area contributed by atoms with Crippen LogP contribution in [0.2, 0.25) is 0 Å². The van der Waals surface area contributed by atoms with E-state index in [0.29, 0.717) is 18.0 Å². The van der Waals surface area contributed by atoms with Crippen LogP contribution in [-0.4, -0.2) is 30.1 Å². The van der Waals surface area contributed by atoms with Crippen molar-refractivity contribution in [1.29, 1.82) is 0 Å². The summed E-state index contributed by atoms with van der Waals surface area (Å²) in [4.78, 5) is 2.64. The summed E-state index contributed by atoms with van der Waals surface area (Å²) in [6.45, 7) is 7.00. The highest BCUT2D eigenvalue weighted by Gasteiger charge is 2.27. The first-order chi connectivity index (χ1) is 9.20. The van der Waals surface area contributed by atoms with Gasteiger partial charge in [0.1, 0.15) is 0 Å². The van der Waals surface area contributed by atoms with Gasteiger partial charge in [-0.1, -0.05) is 43.7 Å². The fraction of sp³-hybridized carbons (Fsp3) is 0.647. The molecule has 2 heteroatoms. The normalized spacial score (nSPS) is 26.3. The zero-order chi connectivity index (χ0) is 13.7. The fourth-order valence-corrected chi connectivity index (χ4v) is 3.11. The molecule has 3 unspecified atom stereocenters. The van der Waals surface area contributed by atoms with Crippen LogP contribution in [0.4, 0.5) is 0 Å². The number of aryl methyl sites for hydroxylation is 1. The molecule has 0 saturated carbocycles. The Balaban J connectivity index is 1.81. The molecule has 1 aromatic carbocycles. The number of nitrogens with two attached hydrogens (primary N) is 1. The van der Waals surface area contributed by atoms with Gasteiger partial charge >= 0.3 is 0 Å². The number of nitrogens with zero attached hydrogens (tertiary/aromatic N) is 1. The van der Waals surface area contributed by atoms with Crippen LogP contribution in [0.25, 0.3) is 0 Å². The monoisotopic (exact) mass is 260 g/mol. The lowest BCUT2D eigenvalue weighted by Crippen LogP contribution is -2.49. The van der Waals surface area contributed by atoms with Crippen molar-refractivity contribution in [2.75, 3.05) is 13.1 Å². The predicted molar refractivity (Wildman–Crippen MR) is 82.2 cm³/mol. The molecule has 0 amide bonds. The molecule has 1 aliphatic rings. The van der Waals surface area contributed by atoms with E-state index in [1.54, 1.807) is 0 Å². The molecule has 1 aliphatic heterocycles. The zero-order valence-electron chi connectivity index (χ0n) is 12.4. The molecule has 2 rings (SSSR count). The maximum absolute atomic E-state index is 6.19. The van der Waals surface area contributed by atoms with Crippen molar-refractivity contribution < 1.29 is 0 Å². The first-order valence-electron chi connectivity index (χ1n) is 7.74. The number of rotatable bonds is 5. The molecule has 0 aliphatic carbocycles. The summed E-state index contributed by atoms with van der Waals surface area (Å²) in [7, 11) is 0. The Morgan fingerprint density at radius 3 is 2.74 bits per heavy atom. The van der Waals surface area contributed by atoms with Gasteiger partial charge in [-0.25, -0.2) is 0 Å². The molecule has 0 radical (unpaired) electrons. The van der Waals surface area contributed by atoms with Gasteiger partial charge in [-0.3, -0.25) is 0 Å². The van der Waals surface area contributed by atoms with E-state index in [-0.39, 0.29) is 0 Å². The topological polar surface area (TPSA) is 29.3 Å². The SMILES string of the molecule is CCC1CN(C(C)CCc2ccccc2)CCC1N. The minimum atomic E-state index is 0.419. The molecule has 106 valence electrons. The Kier molecular flexibility index (Phi) is 5.41. The first kappa shape index (κ1) is 14.5. The van der Waals surface area contributed by atoms with Crippen LogP contribution in [0, 0.1) is 5.92 Å². The van der Waals surface area contributed by atoms with Crippen LogP contribution in [0.1, 0.15) is 38.7 Å². The molecule has 1 aromatic rings. The predicted octanol–water partition coefficient (Wildman–Crippen LogP) is 3.07. The summed E-state index contributed by atoms with van der Waals surface area (Å²) >= 11 is 0. The number of hydrogen-bond acceptors (Lipinski definition) is 2. The van der Waals surface area contributed by atoms with Crippen molar-refractivity contribution in [2.45, 2.75) is 51.6 Å². The minimum absolute atomic E-state index is 0.419. The van der Waals surface area contributed by atoms with E-state index in [0.717, 1.165) is 6.42 Å².